The van der Waals surface area contributed by atoms with Crippen LogP contribution in [0.2, 0.25) is 0 Å². The summed E-state index contributed by atoms with van der Waals surface area (Å²) in [6.07, 6.45) is -3.64. The number of carbonyl (C=O) groups is 1. The van der Waals surface area contributed by atoms with Gasteiger partial charge in [0.25, 0.3) is 15.9 Å². The van der Waals surface area contributed by atoms with E-state index < -0.39 is 27.7 Å². The molecule has 166 valence electrons. The number of hydrogen-bond donors (Lipinski definition) is 2. The molecular formula is C22H18F3N3O3S. The number of alkyl halides is 3. The fourth-order valence-corrected chi connectivity index (χ4v) is 3.77. The summed E-state index contributed by atoms with van der Waals surface area (Å²) >= 11 is 0. The summed E-state index contributed by atoms with van der Waals surface area (Å²) < 4.78 is 66.2. The number of hydrogen-bond acceptors (Lipinski definition) is 4. The first kappa shape index (κ1) is 23.0. The lowest BCUT2D eigenvalue weighted by atomic mass is 10.1. The van der Waals surface area contributed by atoms with Crippen molar-refractivity contribution in [3.05, 3.63) is 95.1 Å². The molecule has 1 amide bonds. The average molecular weight is 461 g/mol. The van der Waals surface area contributed by atoms with Crippen LogP contribution in [-0.4, -0.2) is 20.5 Å². The van der Waals surface area contributed by atoms with E-state index in [9.17, 15) is 26.4 Å². The molecule has 0 aromatic heterocycles. The number of anilines is 1. The Balaban J connectivity index is 1.66. The molecule has 32 heavy (non-hydrogen) atoms. The Morgan fingerprint density at radius 2 is 1.56 bits per heavy atom. The lowest BCUT2D eigenvalue weighted by molar-refractivity contribution is -0.137. The lowest BCUT2D eigenvalue weighted by Crippen LogP contribution is -2.18. The Bertz CT molecular complexity index is 1240. The standard InChI is InChI=1S/C22H18F3N3O3S/c1-15-6-12-19(13-7-15)32(30,31)28-18-10-8-16(9-11-18)21(29)27-26-14-17-4-2-3-5-20(17)22(23,24)25/h2-14,28H,1H3,(H,27,29)/b26-14+. The largest absolute Gasteiger partial charge is 0.417 e. The molecular weight excluding hydrogens is 443 g/mol. The van der Waals surface area contributed by atoms with Gasteiger partial charge in [-0.05, 0) is 49.4 Å². The van der Waals surface area contributed by atoms with Crippen molar-refractivity contribution in [2.75, 3.05) is 4.72 Å². The molecule has 10 heteroatoms. The van der Waals surface area contributed by atoms with Crippen LogP contribution in [0.4, 0.5) is 18.9 Å². The summed E-state index contributed by atoms with van der Waals surface area (Å²) in [6.45, 7) is 1.84. The van der Waals surface area contributed by atoms with Crippen molar-refractivity contribution in [1.82, 2.24) is 5.43 Å². The Labute approximate surface area is 182 Å². The predicted molar refractivity (Wildman–Crippen MR) is 115 cm³/mol. The SMILES string of the molecule is Cc1ccc(S(=O)(=O)Nc2ccc(C(=O)N/N=C/c3ccccc3C(F)(F)F)cc2)cc1. The third kappa shape index (κ3) is 5.73. The molecule has 2 N–H and O–H groups in total. The molecule has 6 nitrogen and oxygen atoms in total. The first-order valence-electron chi connectivity index (χ1n) is 9.25. The molecule has 0 aliphatic carbocycles. The number of benzene rings is 3. The van der Waals surface area contributed by atoms with Gasteiger partial charge in [-0.3, -0.25) is 9.52 Å². The summed E-state index contributed by atoms with van der Waals surface area (Å²) in [6, 6.07) is 16.7. The minimum atomic E-state index is -4.55. The van der Waals surface area contributed by atoms with Crippen LogP contribution in [0.15, 0.2) is 82.8 Å². The van der Waals surface area contributed by atoms with Crippen molar-refractivity contribution in [3.8, 4) is 0 Å². The van der Waals surface area contributed by atoms with Crippen molar-refractivity contribution in [1.29, 1.82) is 0 Å². The highest BCUT2D eigenvalue weighted by Gasteiger charge is 2.32. The summed E-state index contributed by atoms with van der Waals surface area (Å²) in [5.41, 5.74) is 2.39. The van der Waals surface area contributed by atoms with Crippen LogP contribution in [0.3, 0.4) is 0 Å². The van der Waals surface area contributed by atoms with E-state index in [0.29, 0.717) is 0 Å². The second-order valence-electron chi connectivity index (χ2n) is 6.78. The summed E-state index contributed by atoms with van der Waals surface area (Å²) in [7, 11) is -3.79. The Morgan fingerprint density at radius 1 is 0.938 bits per heavy atom. The van der Waals surface area contributed by atoms with Crippen LogP contribution in [0.5, 0.6) is 0 Å². The number of carbonyl (C=O) groups excluding carboxylic acids is 1. The summed E-state index contributed by atoms with van der Waals surface area (Å²) in [4.78, 5) is 12.3. The molecule has 3 aromatic carbocycles. The van der Waals surface area contributed by atoms with E-state index in [-0.39, 0.29) is 21.7 Å². The van der Waals surface area contributed by atoms with E-state index in [1.807, 2.05) is 6.92 Å². The minimum absolute atomic E-state index is 0.0957. The number of aryl methyl sites for hydroxylation is 1. The second kappa shape index (κ2) is 9.23. The quantitative estimate of drug-likeness (QED) is 0.416. The summed E-state index contributed by atoms with van der Waals surface area (Å²) in [5.74, 6) is -0.668. The molecule has 3 rings (SSSR count). The number of amides is 1. The molecule has 0 fully saturated rings. The molecule has 0 aliphatic rings. The highest BCUT2D eigenvalue weighted by molar-refractivity contribution is 7.92. The highest BCUT2D eigenvalue weighted by atomic mass is 32.2. The minimum Gasteiger partial charge on any atom is -0.280 e. The smallest absolute Gasteiger partial charge is 0.280 e. The van der Waals surface area contributed by atoms with Crippen LogP contribution < -0.4 is 10.1 Å². The maximum absolute atomic E-state index is 13.0. The van der Waals surface area contributed by atoms with Gasteiger partial charge in [0.1, 0.15) is 0 Å². The van der Waals surface area contributed by atoms with Gasteiger partial charge in [-0.2, -0.15) is 18.3 Å². The normalized spacial score (nSPS) is 12.0. The van der Waals surface area contributed by atoms with Gasteiger partial charge in [0.05, 0.1) is 16.7 Å². The van der Waals surface area contributed by atoms with Crippen LogP contribution in [0.25, 0.3) is 0 Å². The zero-order valence-corrected chi connectivity index (χ0v) is 17.5. The number of nitrogens with one attached hydrogen (secondary N) is 2. The molecule has 0 radical (unpaired) electrons. The van der Waals surface area contributed by atoms with E-state index in [4.69, 9.17) is 0 Å². The van der Waals surface area contributed by atoms with Gasteiger partial charge < -0.3 is 0 Å². The van der Waals surface area contributed by atoms with Crippen LogP contribution in [0, 0.1) is 6.92 Å². The van der Waals surface area contributed by atoms with Gasteiger partial charge in [-0.15, -0.1) is 0 Å². The number of halogens is 3. The molecule has 0 spiro atoms. The lowest BCUT2D eigenvalue weighted by Gasteiger charge is -2.09. The first-order valence-corrected chi connectivity index (χ1v) is 10.7. The number of rotatable bonds is 6. The fraction of sp³-hybridized carbons (Fsp3) is 0.0909. The van der Waals surface area contributed by atoms with Crippen LogP contribution >= 0.6 is 0 Å². The average Bonchev–Trinajstić information content (AvgIpc) is 2.74. The molecule has 0 heterocycles. The topological polar surface area (TPSA) is 87.6 Å². The Morgan fingerprint density at radius 3 is 2.19 bits per heavy atom. The monoisotopic (exact) mass is 461 g/mol. The Hall–Kier alpha value is -3.66. The van der Waals surface area contributed by atoms with Gasteiger partial charge in [-0.25, -0.2) is 13.8 Å². The first-order chi connectivity index (χ1) is 15.1. The second-order valence-corrected chi connectivity index (χ2v) is 8.46. The zero-order chi connectivity index (χ0) is 23.4. The van der Waals surface area contributed by atoms with Crippen molar-refractivity contribution in [2.45, 2.75) is 18.0 Å². The number of hydrazone groups is 1. The molecule has 0 saturated heterocycles. The maximum atomic E-state index is 13.0. The maximum Gasteiger partial charge on any atom is 0.417 e. The van der Waals surface area contributed by atoms with E-state index in [1.54, 1.807) is 12.1 Å². The molecule has 0 unspecified atom stereocenters. The van der Waals surface area contributed by atoms with Gasteiger partial charge in [-0.1, -0.05) is 35.9 Å². The van der Waals surface area contributed by atoms with Gasteiger partial charge >= 0.3 is 6.18 Å². The van der Waals surface area contributed by atoms with Gasteiger partial charge in [0.2, 0.25) is 0 Å². The van der Waals surface area contributed by atoms with E-state index in [1.165, 1.54) is 54.6 Å². The fourth-order valence-electron chi connectivity index (χ4n) is 2.71. The van der Waals surface area contributed by atoms with Gasteiger partial charge in [0.15, 0.2) is 0 Å². The number of nitrogens with zero attached hydrogens (tertiary/aromatic N) is 1. The third-order valence-electron chi connectivity index (χ3n) is 4.37. The van der Waals surface area contributed by atoms with Crippen LogP contribution in [-0.2, 0) is 16.2 Å². The van der Waals surface area contributed by atoms with E-state index >= 15 is 0 Å². The highest BCUT2D eigenvalue weighted by Crippen LogP contribution is 2.31. The van der Waals surface area contributed by atoms with E-state index in [0.717, 1.165) is 17.8 Å². The number of sulfonamides is 1. The van der Waals surface area contributed by atoms with Gasteiger partial charge in [0, 0.05) is 16.8 Å². The van der Waals surface area contributed by atoms with E-state index in [2.05, 4.69) is 15.2 Å². The Kier molecular flexibility index (Phi) is 6.64. The third-order valence-corrected chi connectivity index (χ3v) is 5.76. The molecule has 0 aliphatic heterocycles. The van der Waals surface area contributed by atoms with Crippen LogP contribution in [0.1, 0.15) is 27.0 Å². The summed E-state index contributed by atoms with van der Waals surface area (Å²) in [5, 5.41) is 3.58. The van der Waals surface area contributed by atoms with Crippen molar-refractivity contribution in [3.63, 3.8) is 0 Å². The molecule has 0 bridgehead atoms. The predicted octanol–water partition coefficient (Wildman–Crippen LogP) is 4.58. The van der Waals surface area contributed by atoms with Crippen molar-refractivity contribution in [2.24, 2.45) is 5.10 Å². The molecule has 0 atom stereocenters. The zero-order valence-electron chi connectivity index (χ0n) is 16.7. The molecule has 0 saturated carbocycles. The van der Waals surface area contributed by atoms with Crippen molar-refractivity contribution >= 4 is 27.8 Å². The molecule has 3 aromatic rings. The van der Waals surface area contributed by atoms with Crippen molar-refractivity contribution < 1.29 is 26.4 Å².